The van der Waals surface area contributed by atoms with Crippen molar-refractivity contribution in [2.75, 3.05) is 7.11 Å². The monoisotopic (exact) mass is 349 g/mol. The van der Waals surface area contributed by atoms with Crippen LogP contribution in [0.3, 0.4) is 0 Å². The van der Waals surface area contributed by atoms with Gasteiger partial charge in [0, 0.05) is 21.8 Å². The summed E-state index contributed by atoms with van der Waals surface area (Å²) in [5.41, 5.74) is 0.694. The van der Waals surface area contributed by atoms with Gasteiger partial charge in [-0.05, 0) is 17.5 Å². The van der Waals surface area contributed by atoms with Crippen LogP contribution in [0.5, 0.6) is 5.75 Å². The molecule has 3 aromatic rings. The number of rotatable bonds is 2. The average Bonchev–Trinajstić information content (AvgIpc) is 2.59. The summed E-state index contributed by atoms with van der Waals surface area (Å²) in [6.07, 6.45) is 0. The molecule has 0 radical (unpaired) electrons. The third-order valence-corrected chi connectivity index (χ3v) is 4.32. The first-order valence-electron chi connectivity index (χ1n) is 8.94. The SMILES string of the molecule is COc1ccc(-c2nc(C(C)(C)C)nc(C(C)(C)C)n2)c2ccccc12. The molecule has 4 nitrogen and oxygen atoms in total. The van der Waals surface area contributed by atoms with Gasteiger partial charge in [0.1, 0.15) is 17.4 Å². The van der Waals surface area contributed by atoms with E-state index in [2.05, 4.69) is 53.7 Å². The van der Waals surface area contributed by atoms with Gasteiger partial charge in [-0.1, -0.05) is 65.8 Å². The Hall–Kier alpha value is -2.49. The van der Waals surface area contributed by atoms with Crippen LogP contribution in [0.25, 0.3) is 22.2 Å². The van der Waals surface area contributed by atoms with Crippen molar-refractivity contribution in [3.63, 3.8) is 0 Å². The Bertz CT molecular complexity index is 917. The van der Waals surface area contributed by atoms with E-state index in [9.17, 15) is 0 Å². The second kappa shape index (κ2) is 6.35. The molecule has 0 unspecified atom stereocenters. The molecule has 0 saturated carbocycles. The van der Waals surface area contributed by atoms with Gasteiger partial charge in [0.05, 0.1) is 7.11 Å². The minimum atomic E-state index is -0.153. The minimum Gasteiger partial charge on any atom is -0.496 e. The average molecular weight is 349 g/mol. The van der Waals surface area contributed by atoms with Crippen molar-refractivity contribution in [1.29, 1.82) is 0 Å². The summed E-state index contributed by atoms with van der Waals surface area (Å²) in [6, 6.07) is 12.2. The van der Waals surface area contributed by atoms with Gasteiger partial charge in [-0.3, -0.25) is 0 Å². The van der Waals surface area contributed by atoms with Crippen molar-refractivity contribution >= 4 is 10.8 Å². The highest BCUT2D eigenvalue weighted by Crippen LogP contribution is 2.34. The Morgan fingerprint density at radius 2 is 1.23 bits per heavy atom. The smallest absolute Gasteiger partial charge is 0.164 e. The third-order valence-electron chi connectivity index (χ3n) is 4.32. The Labute approximate surface area is 155 Å². The zero-order chi connectivity index (χ0) is 19.1. The highest BCUT2D eigenvalue weighted by molar-refractivity contribution is 5.98. The van der Waals surface area contributed by atoms with Crippen molar-refractivity contribution in [2.24, 2.45) is 0 Å². The predicted octanol–water partition coefficient (Wildman–Crippen LogP) is 5.30. The lowest BCUT2D eigenvalue weighted by molar-refractivity contribution is 0.420. The number of aromatic nitrogens is 3. The topological polar surface area (TPSA) is 47.9 Å². The van der Waals surface area contributed by atoms with Crippen molar-refractivity contribution in [1.82, 2.24) is 15.0 Å². The van der Waals surface area contributed by atoms with Crippen LogP contribution in [-0.2, 0) is 10.8 Å². The molecular formula is C22H27N3O. The molecule has 1 aromatic heterocycles. The fourth-order valence-corrected chi connectivity index (χ4v) is 2.81. The van der Waals surface area contributed by atoms with Gasteiger partial charge in [0.25, 0.3) is 0 Å². The first kappa shape index (κ1) is 18.3. The lowest BCUT2D eigenvalue weighted by atomic mass is 9.92. The van der Waals surface area contributed by atoms with Crippen LogP contribution in [0.2, 0.25) is 0 Å². The van der Waals surface area contributed by atoms with E-state index in [4.69, 9.17) is 19.7 Å². The molecule has 1 heterocycles. The van der Waals surface area contributed by atoms with Gasteiger partial charge in [0.15, 0.2) is 5.82 Å². The molecule has 0 aliphatic rings. The molecule has 0 amide bonds. The quantitative estimate of drug-likeness (QED) is 0.630. The van der Waals surface area contributed by atoms with E-state index in [0.29, 0.717) is 5.82 Å². The van der Waals surface area contributed by atoms with Crippen molar-refractivity contribution < 1.29 is 4.74 Å². The van der Waals surface area contributed by atoms with Gasteiger partial charge in [0.2, 0.25) is 0 Å². The summed E-state index contributed by atoms with van der Waals surface area (Å²) < 4.78 is 5.52. The van der Waals surface area contributed by atoms with E-state index in [1.165, 1.54) is 0 Å². The summed E-state index contributed by atoms with van der Waals surface area (Å²) in [5, 5.41) is 2.14. The van der Waals surface area contributed by atoms with Crippen LogP contribution in [0.15, 0.2) is 36.4 Å². The molecule has 0 N–H and O–H groups in total. The van der Waals surface area contributed by atoms with Crippen LogP contribution >= 0.6 is 0 Å². The van der Waals surface area contributed by atoms with E-state index in [0.717, 1.165) is 33.7 Å². The van der Waals surface area contributed by atoms with Crippen molar-refractivity contribution in [3.8, 4) is 17.1 Å². The summed E-state index contributed by atoms with van der Waals surface area (Å²) in [5.74, 6) is 3.19. The molecule has 26 heavy (non-hydrogen) atoms. The summed E-state index contributed by atoms with van der Waals surface area (Å²) >= 11 is 0. The summed E-state index contributed by atoms with van der Waals surface area (Å²) in [7, 11) is 1.69. The summed E-state index contributed by atoms with van der Waals surface area (Å²) in [6.45, 7) is 12.8. The van der Waals surface area contributed by atoms with Crippen LogP contribution < -0.4 is 4.74 Å². The number of hydrogen-bond acceptors (Lipinski definition) is 4. The molecule has 0 saturated heterocycles. The Kier molecular flexibility index (Phi) is 4.47. The maximum atomic E-state index is 5.52. The Balaban J connectivity index is 2.32. The van der Waals surface area contributed by atoms with Gasteiger partial charge in [-0.2, -0.15) is 0 Å². The molecular weight excluding hydrogens is 322 g/mol. The van der Waals surface area contributed by atoms with E-state index in [-0.39, 0.29) is 10.8 Å². The first-order chi connectivity index (χ1) is 12.1. The highest BCUT2D eigenvalue weighted by atomic mass is 16.5. The normalized spacial score (nSPS) is 12.4. The number of hydrogen-bond donors (Lipinski definition) is 0. The van der Waals surface area contributed by atoms with Gasteiger partial charge < -0.3 is 4.74 Å². The highest BCUT2D eigenvalue weighted by Gasteiger charge is 2.25. The maximum Gasteiger partial charge on any atom is 0.164 e. The zero-order valence-electron chi connectivity index (χ0n) is 16.7. The number of fused-ring (bicyclic) bond motifs is 1. The number of ether oxygens (including phenoxy) is 1. The third kappa shape index (κ3) is 3.41. The van der Waals surface area contributed by atoms with Gasteiger partial charge in [-0.25, -0.2) is 15.0 Å². The van der Waals surface area contributed by atoms with Crippen LogP contribution in [0, 0.1) is 0 Å². The van der Waals surface area contributed by atoms with E-state index < -0.39 is 0 Å². The summed E-state index contributed by atoms with van der Waals surface area (Å²) in [4.78, 5) is 14.4. The lowest BCUT2D eigenvalue weighted by Crippen LogP contribution is -2.24. The van der Waals surface area contributed by atoms with E-state index in [1.807, 2.05) is 24.3 Å². The van der Waals surface area contributed by atoms with Crippen LogP contribution in [-0.4, -0.2) is 22.1 Å². The van der Waals surface area contributed by atoms with Crippen LogP contribution in [0.1, 0.15) is 53.2 Å². The molecule has 0 spiro atoms. The fraction of sp³-hybridized carbons (Fsp3) is 0.409. The van der Waals surface area contributed by atoms with Crippen LogP contribution in [0.4, 0.5) is 0 Å². The number of benzene rings is 2. The molecule has 2 aromatic carbocycles. The van der Waals surface area contributed by atoms with Crippen molar-refractivity contribution in [3.05, 3.63) is 48.0 Å². The second-order valence-corrected chi connectivity index (χ2v) is 8.67. The molecule has 4 heteroatoms. The Morgan fingerprint density at radius 3 is 1.73 bits per heavy atom. The van der Waals surface area contributed by atoms with E-state index >= 15 is 0 Å². The molecule has 0 aliphatic carbocycles. The number of methoxy groups -OCH3 is 1. The zero-order valence-corrected chi connectivity index (χ0v) is 16.7. The molecule has 136 valence electrons. The second-order valence-electron chi connectivity index (χ2n) is 8.67. The lowest BCUT2D eigenvalue weighted by Gasteiger charge is -2.23. The molecule has 3 rings (SSSR count). The molecule has 0 atom stereocenters. The molecule has 0 aliphatic heterocycles. The van der Waals surface area contributed by atoms with Gasteiger partial charge >= 0.3 is 0 Å². The maximum absolute atomic E-state index is 5.52. The fourth-order valence-electron chi connectivity index (χ4n) is 2.81. The molecule has 0 fully saturated rings. The van der Waals surface area contributed by atoms with Gasteiger partial charge in [-0.15, -0.1) is 0 Å². The first-order valence-corrected chi connectivity index (χ1v) is 8.94. The minimum absolute atomic E-state index is 0.153. The molecule has 0 bridgehead atoms. The Morgan fingerprint density at radius 1 is 0.692 bits per heavy atom. The van der Waals surface area contributed by atoms with E-state index in [1.54, 1.807) is 7.11 Å². The largest absolute Gasteiger partial charge is 0.496 e. The number of nitrogens with zero attached hydrogens (tertiary/aromatic N) is 3. The standard InChI is InChI=1S/C22H27N3O/c1-21(2,3)19-23-18(24-20(25-19)22(4,5)6)16-12-13-17(26-7)15-11-9-8-10-14(15)16/h8-13H,1-7H3. The van der Waals surface area contributed by atoms with Crippen molar-refractivity contribution in [2.45, 2.75) is 52.4 Å². The predicted molar refractivity (Wildman–Crippen MR) is 107 cm³/mol.